The number of carbonyl (C=O) groups excluding carboxylic acids is 1. The van der Waals surface area contributed by atoms with Gasteiger partial charge in [0, 0.05) is 6.42 Å². The van der Waals surface area contributed by atoms with Gasteiger partial charge in [-0.3, -0.25) is 4.79 Å². The molecule has 1 aliphatic heterocycles. The predicted octanol–water partition coefficient (Wildman–Crippen LogP) is 2.90. The third-order valence-electron chi connectivity index (χ3n) is 2.68. The fourth-order valence-electron chi connectivity index (χ4n) is 2.14. The summed E-state index contributed by atoms with van der Waals surface area (Å²) in [4.78, 5) is 11.7. The summed E-state index contributed by atoms with van der Waals surface area (Å²) in [5, 5.41) is 3.03. The van der Waals surface area contributed by atoms with Crippen molar-refractivity contribution in [3.05, 3.63) is 49.6 Å². The van der Waals surface area contributed by atoms with Crippen LogP contribution < -0.4 is 5.32 Å². The van der Waals surface area contributed by atoms with Crippen LogP contribution in [0, 0.1) is 0 Å². The highest BCUT2D eigenvalue weighted by molar-refractivity contribution is 5.81. The molecular formula is C14H19NO. The number of nitrogens with one attached hydrogen (secondary N) is 1. The largest absolute Gasteiger partial charge is 0.346 e. The van der Waals surface area contributed by atoms with E-state index in [1.54, 1.807) is 0 Å². The van der Waals surface area contributed by atoms with Gasteiger partial charge in [0.15, 0.2) is 0 Å². The molecule has 1 rings (SSSR count). The first-order valence-electron chi connectivity index (χ1n) is 5.50. The van der Waals surface area contributed by atoms with Gasteiger partial charge < -0.3 is 5.32 Å². The van der Waals surface area contributed by atoms with Crippen LogP contribution >= 0.6 is 0 Å². The minimum atomic E-state index is -0.322. The van der Waals surface area contributed by atoms with E-state index in [9.17, 15) is 4.79 Å². The van der Waals surface area contributed by atoms with Gasteiger partial charge in [-0.1, -0.05) is 29.9 Å². The molecule has 86 valence electrons. The van der Waals surface area contributed by atoms with Crippen molar-refractivity contribution in [3.63, 3.8) is 0 Å². The van der Waals surface area contributed by atoms with Crippen molar-refractivity contribution in [1.82, 2.24) is 5.32 Å². The van der Waals surface area contributed by atoms with E-state index in [0.717, 1.165) is 24.8 Å². The van der Waals surface area contributed by atoms with Crippen LogP contribution in [0.3, 0.4) is 0 Å². The molecule has 0 fully saturated rings. The second-order valence-electron chi connectivity index (χ2n) is 4.16. The van der Waals surface area contributed by atoms with Gasteiger partial charge in [0.05, 0.1) is 5.54 Å². The molecule has 0 atom stereocenters. The molecule has 0 bridgehead atoms. The molecule has 0 aromatic rings. The minimum absolute atomic E-state index is 0.0723. The highest BCUT2D eigenvalue weighted by Gasteiger charge is 2.31. The smallest absolute Gasteiger partial charge is 0.224 e. The van der Waals surface area contributed by atoms with Crippen LogP contribution in [-0.4, -0.2) is 11.4 Å². The average Bonchev–Trinajstić information content (AvgIpc) is 2.17. The maximum atomic E-state index is 11.7. The van der Waals surface area contributed by atoms with Crippen molar-refractivity contribution < 1.29 is 4.79 Å². The quantitative estimate of drug-likeness (QED) is 0.681. The number of allylic oxidation sites excluding steroid dienone is 1. The maximum Gasteiger partial charge on any atom is 0.224 e. The van der Waals surface area contributed by atoms with Gasteiger partial charge in [-0.2, -0.15) is 0 Å². The second kappa shape index (κ2) is 5.50. The molecule has 0 radical (unpaired) electrons. The molecule has 0 aliphatic carbocycles. The van der Waals surface area contributed by atoms with Crippen molar-refractivity contribution in [2.75, 3.05) is 0 Å². The highest BCUT2D eigenvalue weighted by atomic mass is 16.1. The molecule has 1 N–H and O–H groups in total. The zero-order chi connectivity index (χ0) is 12.0. The lowest BCUT2D eigenvalue weighted by molar-refractivity contribution is -0.122. The second-order valence-corrected chi connectivity index (χ2v) is 4.16. The molecule has 0 aromatic carbocycles. The van der Waals surface area contributed by atoms with Gasteiger partial charge >= 0.3 is 0 Å². The lowest BCUT2D eigenvalue weighted by Gasteiger charge is -2.34. The summed E-state index contributed by atoms with van der Waals surface area (Å²) in [6.07, 6.45) is 10.3. The highest BCUT2D eigenvalue weighted by Crippen LogP contribution is 2.27. The maximum absolute atomic E-state index is 11.7. The van der Waals surface area contributed by atoms with Crippen molar-refractivity contribution >= 4 is 5.91 Å². The van der Waals surface area contributed by atoms with Crippen molar-refractivity contribution in [2.45, 2.75) is 31.2 Å². The van der Waals surface area contributed by atoms with E-state index >= 15 is 0 Å². The molecule has 0 saturated heterocycles. The normalized spacial score (nSPS) is 18.2. The van der Waals surface area contributed by atoms with Gasteiger partial charge in [-0.25, -0.2) is 0 Å². The van der Waals surface area contributed by atoms with Crippen LogP contribution in [0.2, 0.25) is 0 Å². The van der Waals surface area contributed by atoms with Crippen LogP contribution in [0.15, 0.2) is 49.6 Å². The molecule has 0 spiro atoms. The Bertz CT molecular complexity index is 329. The zero-order valence-corrected chi connectivity index (χ0v) is 9.67. The predicted molar refractivity (Wildman–Crippen MR) is 68.0 cm³/mol. The van der Waals surface area contributed by atoms with Crippen LogP contribution in [0.1, 0.15) is 25.7 Å². The Hall–Kier alpha value is -1.57. The van der Waals surface area contributed by atoms with Gasteiger partial charge in [-0.05, 0) is 19.3 Å². The van der Waals surface area contributed by atoms with Gasteiger partial charge in [-0.15, -0.1) is 19.7 Å². The first kappa shape index (κ1) is 12.5. The van der Waals surface area contributed by atoms with E-state index in [0.29, 0.717) is 6.42 Å². The molecule has 16 heavy (non-hydrogen) atoms. The van der Waals surface area contributed by atoms with Crippen LogP contribution in [0.4, 0.5) is 0 Å². The standard InChI is InChI=1S/C14H19NO/c1-4-7-12-10-13(16)15-14(11-12,8-5-2)9-6-3/h4-6,11H,1-3,7-10H2,(H,15,16). The van der Waals surface area contributed by atoms with Gasteiger partial charge in [0.2, 0.25) is 5.91 Å². The molecular weight excluding hydrogens is 198 g/mol. The summed E-state index contributed by atoms with van der Waals surface area (Å²) >= 11 is 0. The van der Waals surface area contributed by atoms with Gasteiger partial charge in [0.1, 0.15) is 0 Å². The third kappa shape index (κ3) is 2.96. The number of carbonyl (C=O) groups is 1. The number of rotatable bonds is 6. The van der Waals surface area contributed by atoms with Crippen LogP contribution in [0.5, 0.6) is 0 Å². The molecule has 2 nitrogen and oxygen atoms in total. The molecule has 1 heterocycles. The van der Waals surface area contributed by atoms with Crippen LogP contribution in [0.25, 0.3) is 0 Å². The Labute approximate surface area is 97.4 Å². The summed E-state index contributed by atoms with van der Waals surface area (Å²) in [5.41, 5.74) is 0.805. The lowest BCUT2D eigenvalue weighted by atomic mass is 9.84. The van der Waals surface area contributed by atoms with E-state index < -0.39 is 0 Å². The van der Waals surface area contributed by atoms with Gasteiger partial charge in [0.25, 0.3) is 0 Å². The lowest BCUT2D eigenvalue weighted by Crippen LogP contribution is -2.49. The van der Waals surface area contributed by atoms with Crippen molar-refractivity contribution in [2.24, 2.45) is 0 Å². The Balaban J connectivity index is 2.99. The summed E-state index contributed by atoms with van der Waals surface area (Å²) < 4.78 is 0. The topological polar surface area (TPSA) is 29.1 Å². The van der Waals surface area contributed by atoms with E-state index in [-0.39, 0.29) is 11.4 Å². The fraction of sp³-hybridized carbons (Fsp3) is 0.357. The summed E-state index contributed by atoms with van der Waals surface area (Å²) in [5.74, 6) is 0.0723. The Morgan fingerprint density at radius 1 is 1.25 bits per heavy atom. The van der Waals surface area contributed by atoms with E-state index in [2.05, 4.69) is 31.1 Å². The summed E-state index contributed by atoms with van der Waals surface area (Å²) in [6.45, 7) is 11.2. The zero-order valence-electron chi connectivity index (χ0n) is 9.67. The average molecular weight is 217 g/mol. The van der Waals surface area contributed by atoms with Crippen molar-refractivity contribution in [1.29, 1.82) is 0 Å². The monoisotopic (exact) mass is 217 g/mol. The van der Waals surface area contributed by atoms with Crippen molar-refractivity contribution in [3.8, 4) is 0 Å². The Kier molecular flexibility index (Phi) is 4.29. The van der Waals surface area contributed by atoms with E-state index in [1.165, 1.54) is 0 Å². The number of hydrogen-bond acceptors (Lipinski definition) is 1. The summed E-state index contributed by atoms with van der Waals surface area (Å²) in [6, 6.07) is 0. The molecule has 0 saturated carbocycles. The number of hydrogen-bond donors (Lipinski definition) is 1. The molecule has 2 heteroatoms. The fourth-order valence-corrected chi connectivity index (χ4v) is 2.14. The molecule has 1 aliphatic rings. The van der Waals surface area contributed by atoms with Crippen LogP contribution in [-0.2, 0) is 4.79 Å². The Morgan fingerprint density at radius 2 is 1.88 bits per heavy atom. The minimum Gasteiger partial charge on any atom is -0.346 e. The SMILES string of the molecule is C=CCC1=CC(CC=C)(CC=C)NC(=O)C1. The molecule has 0 unspecified atom stereocenters. The first-order valence-corrected chi connectivity index (χ1v) is 5.50. The summed E-state index contributed by atoms with van der Waals surface area (Å²) in [7, 11) is 0. The van der Waals surface area contributed by atoms with E-state index in [1.807, 2.05) is 18.2 Å². The third-order valence-corrected chi connectivity index (χ3v) is 2.68. The first-order chi connectivity index (χ1) is 7.65. The van der Waals surface area contributed by atoms with E-state index in [4.69, 9.17) is 0 Å². The Morgan fingerprint density at radius 3 is 2.38 bits per heavy atom. The number of amides is 1. The molecule has 0 aromatic heterocycles. The molecule has 1 amide bonds.